The van der Waals surface area contributed by atoms with Crippen LogP contribution in [-0.2, 0) is 24.8 Å². The van der Waals surface area contributed by atoms with Gasteiger partial charge in [-0.15, -0.1) is 0 Å². The van der Waals surface area contributed by atoms with E-state index in [-0.39, 0.29) is 30.6 Å². The molecule has 0 saturated carbocycles. The van der Waals surface area contributed by atoms with Gasteiger partial charge in [0, 0.05) is 62.7 Å². The molecule has 5 rings (SSSR count). The van der Waals surface area contributed by atoms with Crippen molar-refractivity contribution in [3.8, 4) is 0 Å². The minimum Gasteiger partial charge on any atom is -0.396 e. The number of hydrogen-bond acceptors (Lipinski definition) is 5. The average Bonchev–Trinajstić information content (AvgIpc) is 3.37. The van der Waals surface area contributed by atoms with E-state index in [4.69, 9.17) is 0 Å². The highest BCUT2D eigenvalue weighted by atomic mass is 16.3. The fraction of sp³-hybridized carbons (Fsp3) is 0.360. The van der Waals surface area contributed by atoms with Crippen LogP contribution in [0.3, 0.4) is 0 Å². The standard InChI is InChI=1S/C25H28N6O4/c1-29-12-17(27-15-29)10-11-26-24(34)22-18(14-32)20-13-30-19(8-5-9-21(30)33)23(22)31(20)25(35)28-16-6-3-2-4-7-16/h2-9,12,15,18,20,22-23,32H,10-11,13-14H2,1H3,(H,26,34)(H,28,35)/t18-,20-,22+,23+/m0/s1. The lowest BCUT2D eigenvalue weighted by molar-refractivity contribution is -0.127. The zero-order valence-electron chi connectivity index (χ0n) is 19.4. The van der Waals surface area contributed by atoms with Gasteiger partial charge in [0.05, 0.1) is 30.0 Å². The first-order valence-electron chi connectivity index (χ1n) is 11.7. The SMILES string of the molecule is Cn1cnc(CCNC(=O)[C@@H]2[C@@H](CO)[C@@H]3Cn4c(cccc4=O)[C@H]2N3C(=O)Nc2ccccc2)c1. The van der Waals surface area contributed by atoms with Crippen LogP contribution in [-0.4, -0.2) is 55.3 Å². The summed E-state index contributed by atoms with van der Waals surface area (Å²) < 4.78 is 3.46. The molecule has 1 aromatic carbocycles. The highest BCUT2D eigenvalue weighted by molar-refractivity contribution is 5.91. The normalized spacial score (nSPS) is 22.5. The number of urea groups is 1. The third-order valence-electron chi connectivity index (χ3n) is 6.92. The molecule has 4 atom stereocenters. The van der Waals surface area contributed by atoms with Crippen molar-refractivity contribution in [2.75, 3.05) is 18.5 Å². The second-order valence-corrected chi connectivity index (χ2v) is 9.06. The van der Waals surface area contributed by atoms with Crippen LogP contribution in [0.15, 0.2) is 65.8 Å². The summed E-state index contributed by atoms with van der Waals surface area (Å²) in [5.74, 6) is -1.48. The minimum absolute atomic E-state index is 0.187. The fourth-order valence-corrected chi connectivity index (χ4v) is 5.37. The van der Waals surface area contributed by atoms with E-state index in [1.54, 1.807) is 40.1 Å². The van der Waals surface area contributed by atoms with Crippen LogP contribution in [0.5, 0.6) is 0 Å². The van der Waals surface area contributed by atoms with Gasteiger partial charge in [0.2, 0.25) is 5.91 Å². The Balaban J connectivity index is 1.44. The van der Waals surface area contributed by atoms with Crippen molar-refractivity contribution >= 4 is 17.6 Å². The van der Waals surface area contributed by atoms with Crippen LogP contribution in [0.25, 0.3) is 0 Å². The molecular formula is C25H28N6O4. The van der Waals surface area contributed by atoms with Crippen LogP contribution in [0.1, 0.15) is 17.4 Å². The molecule has 3 amide bonds. The van der Waals surface area contributed by atoms with Crippen LogP contribution in [0.4, 0.5) is 10.5 Å². The van der Waals surface area contributed by atoms with E-state index in [0.717, 1.165) is 5.69 Å². The third-order valence-corrected chi connectivity index (χ3v) is 6.92. The number of amides is 3. The number of fused-ring (bicyclic) bond motifs is 4. The lowest BCUT2D eigenvalue weighted by atomic mass is 9.86. The van der Waals surface area contributed by atoms with Gasteiger partial charge in [0.15, 0.2) is 0 Å². The Hall–Kier alpha value is -3.92. The number of anilines is 1. The monoisotopic (exact) mass is 476 g/mol. The third kappa shape index (κ3) is 4.21. The summed E-state index contributed by atoms with van der Waals surface area (Å²) in [5.41, 5.74) is 1.90. The number of para-hydroxylation sites is 1. The van der Waals surface area contributed by atoms with Crippen molar-refractivity contribution in [3.63, 3.8) is 0 Å². The largest absolute Gasteiger partial charge is 0.396 e. The summed E-state index contributed by atoms with van der Waals surface area (Å²) in [5, 5.41) is 16.2. The number of rotatable bonds is 6. The molecule has 2 aliphatic rings. The molecule has 10 heteroatoms. The number of carbonyl (C=O) groups is 2. The van der Waals surface area contributed by atoms with Crippen molar-refractivity contribution in [2.24, 2.45) is 18.9 Å². The first-order valence-corrected chi connectivity index (χ1v) is 11.7. The van der Waals surface area contributed by atoms with Gasteiger partial charge in [0.25, 0.3) is 5.56 Å². The molecule has 35 heavy (non-hydrogen) atoms. The summed E-state index contributed by atoms with van der Waals surface area (Å²) in [7, 11) is 1.88. The summed E-state index contributed by atoms with van der Waals surface area (Å²) in [6.07, 6.45) is 4.16. The number of aliphatic hydroxyl groups is 1. The molecule has 2 bridgehead atoms. The Kier molecular flexibility index (Phi) is 6.12. The van der Waals surface area contributed by atoms with Gasteiger partial charge in [-0.05, 0) is 18.2 Å². The second-order valence-electron chi connectivity index (χ2n) is 9.06. The maximum atomic E-state index is 13.5. The average molecular weight is 477 g/mol. The van der Waals surface area contributed by atoms with Crippen molar-refractivity contribution in [3.05, 3.63) is 82.8 Å². The lowest BCUT2D eigenvalue weighted by Gasteiger charge is -2.38. The maximum absolute atomic E-state index is 13.5. The summed E-state index contributed by atoms with van der Waals surface area (Å²) in [6.45, 7) is 0.313. The number of nitrogens with one attached hydrogen (secondary N) is 2. The number of nitrogens with zero attached hydrogens (tertiary/aromatic N) is 4. The minimum atomic E-state index is -0.703. The van der Waals surface area contributed by atoms with Crippen molar-refractivity contribution in [1.29, 1.82) is 0 Å². The molecule has 3 aromatic rings. The first kappa shape index (κ1) is 22.9. The predicted octanol–water partition coefficient (Wildman–Crippen LogP) is 1.14. The van der Waals surface area contributed by atoms with E-state index in [1.165, 1.54) is 6.07 Å². The van der Waals surface area contributed by atoms with E-state index >= 15 is 0 Å². The molecule has 3 N–H and O–H groups in total. The van der Waals surface area contributed by atoms with Crippen molar-refractivity contribution < 1.29 is 14.7 Å². The number of aromatic nitrogens is 3. The Morgan fingerprint density at radius 3 is 2.66 bits per heavy atom. The zero-order valence-corrected chi connectivity index (χ0v) is 19.4. The highest BCUT2D eigenvalue weighted by Gasteiger charge is 2.57. The maximum Gasteiger partial charge on any atom is 0.322 e. The van der Waals surface area contributed by atoms with E-state index in [0.29, 0.717) is 24.3 Å². The van der Waals surface area contributed by atoms with Gasteiger partial charge >= 0.3 is 6.03 Å². The van der Waals surface area contributed by atoms with E-state index in [1.807, 2.05) is 36.0 Å². The van der Waals surface area contributed by atoms with Gasteiger partial charge in [-0.2, -0.15) is 0 Å². The molecule has 2 aliphatic heterocycles. The Morgan fingerprint density at radius 1 is 1.14 bits per heavy atom. The van der Waals surface area contributed by atoms with Crippen LogP contribution < -0.4 is 16.2 Å². The number of pyridine rings is 1. The molecule has 1 saturated heterocycles. The lowest BCUT2D eigenvalue weighted by Crippen LogP contribution is -2.50. The van der Waals surface area contributed by atoms with Crippen LogP contribution >= 0.6 is 0 Å². The van der Waals surface area contributed by atoms with Gasteiger partial charge < -0.3 is 29.8 Å². The predicted molar refractivity (Wildman–Crippen MR) is 129 cm³/mol. The fourth-order valence-electron chi connectivity index (χ4n) is 5.37. The Morgan fingerprint density at radius 2 is 1.94 bits per heavy atom. The number of benzene rings is 1. The molecule has 10 nitrogen and oxygen atoms in total. The summed E-state index contributed by atoms with van der Waals surface area (Å²) in [6, 6.07) is 12.4. The summed E-state index contributed by atoms with van der Waals surface area (Å²) >= 11 is 0. The Labute approximate surface area is 202 Å². The van der Waals surface area contributed by atoms with Crippen LogP contribution in [0.2, 0.25) is 0 Å². The molecule has 0 aliphatic carbocycles. The molecule has 4 heterocycles. The molecule has 1 fully saturated rings. The molecular weight excluding hydrogens is 448 g/mol. The number of carbonyl (C=O) groups excluding carboxylic acids is 2. The van der Waals surface area contributed by atoms with Gasteiger partial charge in [0.1, 0.15) is 0 Å². The first-order chi connectivity index (χ1) is 17.0. The highest BCUT2D eigenvalue weighted by Crippen LogP contribution is 2.48. The van der Waals surface area contributed by atoms with Gasteiger partial charge in [-0.3, -0.25) is 9.59 Å². The molecule has 0 unspecified atom stereocenters. The molecule has 182 valence electrons. The van der Waals surface area contributed by atoms with E-state index in [9.17, 15) is 19.5 Å². The second kappa shape index (κ2) is 9.38. The van der Waals surface area contributed by atoms with E-state index in [2.05, 4.69) is 15.6 Å². The number of imidazole rings is 1. The quantitative estimate of drug-likeness (QED) is 0.493. The van der Waals surface area contributed by atoms with Gasteiger partial charge in [-0.1, -0.05) is 24.3 Å². The number of aliphatic hydroxyl groups excluding tert-OH is 1. The smallest absolute Gasteiger partial charge is 0.322 e. The topological polar surface area (TPSA) is 121 Å². The van der Waals surface area contributed by atoms with Crippen molar-refractivity contribution in [1.82, 2.24) is 24.3 Å². The number of aryl methyl sites for hydroxylation is 1. The summed E-state index contributed by atoms with van der Waals surface area (Å²) in [4.78, 5) is 45.5. The van der Waals surface area contributed by atoms with Gasteiger partial charge in [-0.25, -0.2) is 9.78 Å². The van der Waals surface area contributed by atoms with Crippen LogP contribution in [0, 0.1) is 11.8 Å². The Bertz CT molecular complexity index is 1290. The molecule has 2 aromatic heterocycles. The van der Waals surface area contributed by atoms with E-state index < -0.39 is 23.9 Å². The zero-order chi connectivity index (χ0) is 24.5. The number of hydrogen-bond donors (Lipinski definition) is 3. The molecule has 0 radical (unpaired) electrons. The van der Waals surface area contributed by atoms with Crippen molar-refractivity contribution in [2.45, 2.75) is 25.0 Å². The molecule has 0 spiro atoms.